The maximum atomic E-state index is 14.0. The quantitative estimate of drug-likeness (QED) is 0.199. The molecule has 3 heterocycles. The number of ether oxygens (including phenoxy) is 1. The summed E-state index contributed by atoms with van der Waals surface area (Å²) in [4.78, 5) is 15.2. The summed E-state index contributed by atoms with van der Waals surface area (Å²) in [5.74, 6) is -0.0529. The first-order valence-corrected chi connectivity index (χ1v) is 15.9. The van der Waals surface area contributed by atoms with Crippen LogP contribution in [-0.4, -0.2) is 50.9 Å². The Morgan fingerprint density at radius 3 is 2.49 bits per heavy atom. The molecule has 1 unspecified atom stereocenters. The number of carbonyl (C=O) groups is 1. The van der Waals surface area contributed by atoms with Crippen LogP contribution in [0.3, 0.4) is 0 Å². The van der Waals surface area contributed by atoms with E-state index >= 15 is 0 Å². The van der Waals surface area contributed by atoms with Crippen molar-refractivity contribution >= 4 is 50.1 Å². The Kier molecular flexibility index (Phi) is 7.50. The van der Waals surface area contributed by atoms with Gasteiger partial charge >= 0.3 is 0 Å². The van der Waals surface area contributed by atoms with Crippen molar-refractivity contribution in [2.75, 3.05) is 11.5 Å². The van der Waals surface area contributed by atoms with Gasteiger partial charge in [-0.3, -0.25) is 9.69 Å². The van der Waals surface area contributed by atoms with Gasteiger partial charge in [-0.1, -0.05) is 60.4 Å². The minimum atomic E-state index is -3.18. The molecule has 1 amide bonds. The molecule has 4 aromatic rings. The highest BCUT2D eigenvalue weighted by Crippen LogP contribution is 2.38. The zero-order chi connectivity index (χ0) is 28.6. The Morgan fingerprint density at radius 1 is 1.05 bits per heavy atom. The van der Waals surface area contributed by atoms with Crippen molar-refractivity contribution in [3.63, 3.8) is 0 Å². The van der Waals surface area contributed by atoms with Gasteiger partial charge in [0.1, 0.15) is 22.5 Å². The second kappa shape index (κ2) is 11.2. The molecule has 0 aliphatic carbocycles. The molecule has 0 bridgehead atoms. The van der Waals surface area contributed by atoms with Crippen LogP contribution in [0.4, 0.5) is 4.39 Å². The second-order valence-corrected chi connectivity index (χ2v) is 13.6. The molecule has 0 spiro atoms. The Balaban J connectivity index is 1.30. The zero-order valence-corrected chi connectivity index (χ0v) is 24.1. The van der Waals surface area contributed by atoms with Crippen LogP contribution in [0, 0.1) is 5.82 Å². The van der Waals surface area contributed by atoms with Gasteiger partial charge in [0.15, 0.2) is 9.84 Å². The van der Waals surface area contributed by atoms with Crippen molar-refractivity contribution < 1.29 is 22.3 Å². The molecule has 1 atom stereocenters. The predicted molar refractivity (Wildman–Crippen MR) is 162 cm³/mol. The summed E-state index contributed by atoms with van der Waals surface area (Å²) in [6.07, 6.45) is 3.98. The molecular weight excluding hydrogens is 582 g/mol. The summed E-state index contributed by atoms with van der Waals surface area (Å²) in [7, 11) is -3.18. The topological polar surface area (TPSA) is 81.5 Å². The van der Waals surface area contributed by atoms with E-state index in [-0.39, 0.29) is 29.8 Å². The monoisotopic (exact) mass is 605 g/mol. The Hall–Kier alpha value is -3.80. The SMILES string of the molecule is O=C1/C(=C/c2cn(-c3ccccc3)nc2-c2ccc(OCc3ccccc3F)cc2)SC(=S)N1C1CCS(=O)(=O)C1. The minimum Gasteiger partial charge on any atom is -0.489 e. The molecule has 208 valence electrons. The summed E-state index contributed by atoms with van der Waals surface area (Å²) in [6.45, 7) is 0.101. The first-order chi connectivity index (χ1) is 19.8. The average molecular weight is 606 g/mol. The first-order valence-electron chi connectivity index (χ1n) is 12.9. The first kappa shape index (κ1) is 27.4. The van der Waals surface area contributed by atoms with Crippen LogP contribution < -0.4 is 4.74 Å². The number of sulfone groups is 1. The lowest BCUT2D eigenvalue weighted by Crippen LogP contribution is -2.39. The molecule has 2 aliphatic heterocycles. The number of thioether (sulfide) groups is 1. The third-order valence-electron chi connectivity index (χ3n) is 6.93. The van der Waals surface area contributed by atoms with Gasteiger partial charge in [-0.2, -0.15) is 5.10 Å². The number of hydrogen-bond donors (Lipinski definition) is 0. The van der Waals surface area contributed by atoms with Gasteiger partial charge < -0.3 is 4.74 Å². The number of para-hydroxylation sites is 1. The van der Waals surface area contributed by atoms with Gasteiger partial charge in [0.05, 0.1) is 33.8 Å². The van der Waals surface area contributed by atoms with E-state index in [2.05, 4.69) is 0 Å². The molecule has 2 fully saturated rings. The molecule has 0 N–H and O–H groups in total. The van der Waals surface area contributed by atoms with Gasteiger partial charge in [-0.15, -0.1) is 0 Å². The highest BCUT2D eigenvalue weighted by molar-refractivity contribution is 8.26. The molecule has 11 heteroatoms. The van der Waals surface area contributed by atoms with E-state index in [1.165, 1.54) is 22.7 Å². The summed E-state index contributed by atoms with van der Waals surface area (Å²) in [6, 6.07) is 23.0. The number of hydrogen-bond acceptors (Lipinski definition) is 7. The fraction of sp³-hybridized carbons (Fsp3) is 0.167. The van der Waals surface area contributed by atoms with Crippen molar-refractivity contribution in [2.24, 2.45) is 0 Å². The van der Waals surface area contributed by atoms with Gasteiger partial charge in [0, 0.05) is 22.9 Å². The van der Waals surface area contributed by atoms with Gasteiger partial charge in [-0.25, -0.2) is 17.5 Å². The van der Waals surface area contributed by atoms with E-state index in [0.717, 1.165) is 11.3 Å². The van der Waals surface area contributed by atoms with Crippen molar-refractivity contribution in [3.8, 4) is 22.7 Å². The molecule has 6 rings (SSSR count). The number of amides is 1. The average Bonchev–Trinajstić information content (AvgIpc) is 3.63. The van der Waals surface area contributed by atoms with Crippen molar-refractivity contribution in [3.05, 3.63) is 107 Å². The Morgan fingerprint density at radius 2 is 1.78 bits per heavy atom. The lowest BCUT2D eigenvalue weighted by atomic mass is 10.1. The van der Waals surface area contributed by atoms with Gasteiger partial charge in [0.25, 0.3) is 5.91 Å². The van der Waals surface area contributed by atoms with Crippen LogP contribution in [0.25, 0.3) is 23.0 Å². The normalized spacial score (nSPS) is 19.3. The molecule has 0 saturated carbocycles. The van der Waals surface area contributed by atoms with Crippen LogP contribution in [0.1, 0.15) is 17.5 Å². The predicted octanol–water partition coefficient (Wildman–Crippen LogP) is 5.65. The van der Waals surface area contributed by atoms with Crippen molar-refractivity contribution in [1.82, 2.24) is 14.7 Å². The Bertz CT molecular complexity index is 1770. The minimum absolute atomic E-state index is 0.0573. The fourth-order valence-electron chi connectivity index (χ4n) is 4.83. The summed E-state index contributed by atoms with van der Waals surface area (Å²) in [5.41, 5.74) is 3.45. The number of rotatable bonds is 7. The van der Waals surface area contributed by atoms with Crippen LogP contribution >= 0.6 is 24.0 Å². The summed E-state index contributed by atoms with van der Waals surface area (Å²) < 4.78 is 45.9. The lowest BCUT2D eigenvalue weighted by molar-refractivity contribution is -0.123. The summed E-state index contributed by atoms with van der Waals surface area (Å²) in [5, 5.41) is 4.82. The highest BCUT2D eigenvalue weighted by Gasteiger charge is 2.42. The van der Waals surface area contributed by atoms with Crippen LogP contribution in [0.5, 0.6) is 5.75 Å². The zero-order valence-electron chi connectivity index (χ0n) is 21.6. The van der Waals surface area contributed by atoms with Crippen LogP contribution in [0.2, 0.25) is 0 Å². The van der Waals surface area contributed by atoms with E-state index in [9.17, 15) is 17.6 Å². The third kappa shape index (κ3) is 5.83. The second-order valence-electron chi connectivity index (χ2n) is 9.73. The number of aromatic nitrogens is 2. The van der Waals surface area contributed by atoms with E-state index in [1.54, 1.807) is 41.1 Å². The molecule has 0 radical (unpaired) electrons. The molecule has 41 heavy (non-hydrogen) atoms. The Labute approximate surface area is 246 Å². The fourth-order valence-corrected chi connectivity index (χ4v) is 7.92. The van der Waals surface area contributed by atoms with Crippen LogP contribution in [0.15, 0.2) is 90.0 Å². The molecule has 2 saturated heterocycles. The largest absolute Gasteiger partial charge is 0.489 e. The van der Waals surface area contributed by atoms with Crippen molar-refractivity contribution in [2.45, 2.75) is 19.1 Å². The molecule has 2 aliphatic rings. The molecule has 1 aromatic heterocycles. The van der Waals surface area contributed by atoms with Crippen molar-refractivity contribution in [1.29, 1.82) is 0 Å². The molecular formula is C30H24FN3O4S3. The maximum Gasteiger partial charge on any atom is 0.266 e. The number of benzene rings is 3. The number of thiocarbonyl (C=S) groups is 1. The lowest BCUT2D eigenvalue weighted by Gasteiger charge is -2.20. The molecule has 3 aromatic carbocycles. The van der Waals surface area contributed by atoms with E-state index in [1.807, 2.05) is 48.7 Å². The standard InChI is InChI=1S/C30H24FN3O4S3/c31-26-9-5-4-6-21(26)18-38-25-12-10-20(11-13-25)28-22(17-33(32-28)23-7-2-1-3-8-23)16-27-29(35)34(30(39)40-27)24-14-15-41(36,37)19-24/h1-13,16-17,24H,14-15,18-19H2/b27-16-. The number of halogens is 1. The third-order valence-corrected chi connectivity index (χ3v) is 10.0. The highest BCUT2D eigenvalue weighted by atomic mass is 32.2. The van der Waals surface area contributed by atoms with E-state index in [0.29, 0.717) is 38.2 Å². The van der Waals surface area contributed by atoms with Gasteiger partial charge in [-0.05, 0) is 55.0 Å². The summed E-state index contributed by atoms with van der Waals surface area (Å²) >= 11 is 6.65. The molecule has 7 nitrogen and oxygen atoms in total. The number of carbonyl (C=O) groups excluding carboxylic acids is 1. The van der Waals surface area contributed by atoms with Gasteiger partial charge in [0.2, 0.25) is 0 Å². The van der Waals surface area contributed by atoms with E-state index in [4.69, 9.17) is 22.1 Å². The maximum absolute atomic E-state index is 14.0. The number of nitrogens with zero attached hydrogens (tertiary/aromatic N) is 3. The smallest absolute Gasteiger partial charge is 0.266 e. The van der Waals surface area contributed by atoms with E-state index < -0.39 is 15.9 Å². The van der Waals surface area contributed by atoms with Crippen LogP contribution in [-0.2, 0) is 21.2 Å².